The molecule has 1 amide bonds. The molecule has 1 saturated heterocycles. The predicted molar refractivity (Wildman–Crippen MR) is 125 cm³/mol. The molecule has 1 aliphatic heterocycles. The summed E-state index contributed by atoms with van der Waals surface area (Å²) in [6.45, 7) is 0. The van der Waals surface area contributed by atoms with Crippen LogP contribution in [0, 0.1) is 10.1 Å². The number of imidazole rings is 1. The maximum atomic E-state index is 12.8. The molecule has 0 bridgehead atoms. The summed E-state index contributed by atoms with van der Waals surface area (Å²) in [6.07, 6.45) is 0.429. The Bertz CT molecular complexity index is 1340. The first kappa shape index (κ1) is 23.1. The summed E-state index contributed by atoms with van der Waals surface area (Å²) in [5, 5.41) is 11.7. The number of thioether (sulfide) groups is 1. The molecular weight excluding hydrogens is 468 g/mol. The van der Waals surface area contributed by atoms with Crippen LogP contribution in [0.15, 0.2) is 47.6 Å². The largest absolute Gasteiger partial charge is 0.495 e. The maximum Gasteiger partial charge on any atom is 0.271 e. The summed E-state index contributed by atoms with van der Waals surface area (Å²) in [5.41, 5.74) is 1.65. The van der Waals surface area contributed by atoms with Gasteiger partial charge in [-0.1, -0.05) is 23.9 Å². The summed E-state index contributed by atoms with van der Waals surface area (Å²) >= 11 is 1.18. The van der Waals surface area contributed by atoms with Crippen molar-refractivity contribution in [1.29, 1.82) is 0 Å². The van der Waals surface area contributed by atoms with Crippen LogP contribution in [-0.4, -0.2) is 71.2 Å². The minimum atomic E-state index is -3.11. The van der Waals surface area contributed by atoms with Crippen LogP contribution in [0.4, 0.5) is 5.69 Å². The number of nitrogens with zero attached hydrogens (tertiary/aromatic N) is 4. The van der Waals surface area contributed by atoms with E-state index in [0.717, 1.165) is 0 Å². The summed E-state index contributed by atoms with van der Waals surface area (Å²) in [6, 6.07) is 11.4. The number of benzene rings is 2. The summed E-state index contributed by atoms with van der Waals surface area (Å²) in [7, 11) is 0.0513. The van der Waals surface area contributed by atoms with Crippen molar-refractivity contribution in [2.24, 2.45) is 0 Å². The van der Waals surface area contributed by atoms with Crippen molar-refractivity contribution in [1.82, 2.24) is 14.5 Å². The topological polar surface area (TPSA) is 125 Å². The average Bonchev–Trinajstić information content (AvgIpc) is 3.35. The lowest BCUT2D eigenvalue weighted by Gasteiger charge is -2.23. The normalized spacial score (nSPS) is 17.2. The van der Waals surface area contributed by atoms with Crippen LogP contribution < -0.4 is 4.74 Å². The number of para-hydroxylation sites is 2. The fourth-order valence-electron chi connectivity index (χ4n) is 3.82. The number of rotatable bonds is 7. The molecule has 0 aliphatic carbocycles. The lowest BCUT2D eigenvalue weighted by molar-refractivity contribution is -0.384. The van der Waals surface area contributed by atoms with Crippen LogP contribution in [0.2, 0.25) is 0 Å². The first-order valence-corrected chi connectivity index (χ1v) is 12.9. The van der Waals surface area contributed by atoms with Crippen LogP contribution in [0.5, 0.6) is 5.75 Å². The van der Waals surface area contributed by atoms with Gasteiger partial charge in [0.25, 0.3) is 5.69 Å². The zero-order valence-electron chi connectivity index (χ0n) is 18.0. The number of ether oxygens (including phenoxy) is 1. The first-order chi connectivity index (χ1) is 15.7. The fourth-order valence-corrected chi connectivity index (χ4v) is 6.54. The minimum Gasteiger partial charge on any atom is -0.495 e. The molecule has 2 aromatic carbocycles. The monoisotopic (exact) mass is 490 g/mol. The molecule has 3 aromatic rings. The first-order valence-electron chi connectivity index (χ1n) is 10.1. The Morgan fingerprint density at radius 2 is 2.09 bits per heavy atom. The molecule has 10 nitrogen and oxygen atoms in total. The number of carbonyl (C=O) groups excluding carboxylic acids is 1. The molecule has 12 heteroatoms. The van der Waals surface area contributed by atoms with Crippen molar-refractivity contribution in [2.45, 2.75) is 17.6 Å². The molecule has 0 saturated carbocycles. The van der Waals surface area contributed by atoms with Gasteiger partial charge in [0, 0.05) is 25.2 Å². The zero-order chi connectivity index (χ0) is 23.8. The van der Waals surface area contributed by atoms with Crippen molar-refractivity contribution in [3.63, 3.8) is 0 Å². The number of sulfone groups is 1. The number of non-ortho nitro benzene ring substituents is 1. The molecule has 1 aromatic heterocycles. The van der Waals surface area contributed by atoms with Gasteiger partial charge in [-0.25, -0.2) is 13.4 Å². The summed E-state index contributed by atoms with van der Waals surface area (Å²) < 4.78 is 30.8. The van der Waals surface area contributed by atoms with Crippen molar-refractivity contribution < 1.29 is 22.9 Å². The number of hydrogen-bond donors (Lipinski definition) is 0. The van der Waals surface area contributed by atoms with E-state index in [1.807, 2.05) is 18.2 Å². The molecule has 0 unspecified atom stereocenters. The highest BCUT2D eigenvalue weighted by molar-refractivity contribution is 7.99. The van der Waals surface area contributed by atoms with E-state index >= 15 is 0 Å². The number of nitro groups is 1. The molecule has 1 atom stereocenters. The van der Waals surface area contributed by atoms with E-state index in [1.165, 1.54) is 28.8 Å². The van der Waals surface area contributed by atoms with Crippen LogP contribution in [0.3, 0.4) is 0 Å². The number of carbonyl (C=O) groups is 1. The molecule has 0 radical (unpaired) electrons. The van der Waals surface area contributed by atoms with E-state index in [1.54, 1.807) is 30.9 Å². The third-order valence-corrected chi connectivity index (χ3v) is 8.29. The Hall–Kier alpha value is -3.12. The molecule has 1 aliphatic rings. The van der Waals surface area contributed by atoms with Gasteiger partial charge in [-0.3, -0.25) is 19.5 Å². The van der Waals surface area contributed by atoms with Crippen molar-refractivity contribution in [3.8, 4) is 11.4 Å². The second-order valence-electron chi connectivity index (χ2n) is 7.68. The third kappa shape index (κ3) is 4.67. The molecule has 4 rings (SSSR count). The van der Waals surface area contributed by atoms with E-state index in [4.69, 9.17) is 4.74 Å². The van der Waals surface area contributed by atoms with Crippen LogP contribution in [-0.2, 0) is 14.6 Å². The Morgan fingerprint density at radius 3 is 2.76 bits per heavy atom. The molecule has 0 spiro atoms. The van der Waals surface area contributed by atoms with Gasteiger partial charge in [-0.05, 0) is 24.6 Å². The van der Waals surface area contributed by atoms with E-state index < -0.39 is 14.8 Å². The van der Waals surface area contributed by atoms with Gasteiger partial charge in [0.15, 0.2) is 15.0 Å². The highest BCUT2D eigenvalue weighted by Gasteiger charge is 2.32. The van der Waals surface area contributed by atoms with Gasteiger partial charge in [0.2, 0.25) is 5.91 Å². The van der Waals surface area contributed by atoms with E-state index in [0.29, 0.717) is 34.0 Å². The van der Waals surface area contributed by atoms with Gasteiger partial charge in [-0.2, -0.15) is 0 Å². The smallest absolute Gasteiger partial charge is 0.271 e. The standard InChI is InChI=1S/C21H22N4O6S2/c1-23(15-9-10-33(29,30)13-15)20(26)12-32-21-22-16-11-14(25(27)28)7-8-17(16)24(21)18-5-3-4-6-19(18)31-2/h3-8,11,15H,9-10,12-13H2,1-2H3/t15-/m0/s1. The van der Waals surface area contributed by atoms with Crippen LogP contribution in [0.1, 0.15) is 6.42 Å². The van der Waals surface area contributed by atoms with Crippen LogP contribution >= 0.6 is 11.8 Å². The van der Waals surface area contributed by atoms with Gasteiger partial charge in [0.05, 0.1) is 46.0 Å². The van der Waals surface area contributed by atoms with Crippen molar-refractivity contribution in [3.05, 3.63) is 52.6 Å². The highest BCUT2D eigenvalue weighted by atomic mass is 32.2. The lowest BCUT2D eigenvalue weighted by atomic mass is 10.2. The lowest BCUT2D eigenvalue weighted by Crippen LogP contribution is -2.38. The summed E-state index contributed by atoms with van der Waals surface area (Å²) in [4.78, 5) is 29.6. The van der Waals surface area contributed by atoms with Gasteiger partial charge in [0.1, 0.15) is 5.75 Å². The van der Waals surface area contributed by atoms with Crippen molar-refractivity contribution >= 4 is 44.2 Å². The summed E-state index contributed by atoms with van der Waals surface area (Å²) in [5.74, 6) is 0.463. The molecular formula is C21H22N4O6S2. The zero-order valence-corrected chi connectivity index (χ0v) is 19.6. The molecule has 1 fully saturated rings. The minimum absolute atomic E-state index is 0.0245. The number of aromatic nitrogens is 2. The Labute approximate surface area is 194 Å². The SMILES string of the molecule is COc1ccccc1-n1c(SCC(=O)N(C)[C@H]2CCS(=O)(=O)C2)nc2cc([N+](=O)[O-])ccc21. The number of fused-ring (bicyclic) bond motifs is 1. The second kappa shape index (κ2) is 9.02. The van der Waals surface area contributed by atoms with Crippen molar-refractivity contribution in [2.75, 3.05) is 31.4 Å². The quantitative estimate of drug-likeness (QED) is 0.281. The predicted octanol–water partition coefficient (Wildman–Crippen LogP) is 2.68. The Morgan fingerprint density at radius 1 is 1.33 bits per heavy atom. The van der Waals surface area contributed by atoms with E-state index in [-0.39, 0.29) is 34.9 Å². The third-order valence-electron chi connectivity index (χ3n) is 5.62. The molecule has 33 heavy (non-hydrogen) atoms. The number of methoxy groups -OCH3 is 1. The number of nitro benzene ring substituents is 1. The number of hydrogen-bond acceptors (Lipinski definition) is 8. The van der Waals surface area contributed by atoms with Gasteiger partial charge < -0.3 is 9.64 Å². The number of amides is 1. The fraction of sp³-hybridized carbons (Fsp3) is 0.333. The van der Waals surface area contributed by atoms with E-state index in [9.17, 15) is 23.3 Å². The second-order valence-corrected chi connectivity index (χ2v) is 10.9. The molecule has 174 valence electrons. The Kier molecular flexibility index (Phi) is 6.30. The maximum absolute atomic E-state index is 12.8. The Balaban J connectivity index is 1.67. The van der Waals surface area contributed by atoms with Gasteiger partial charge >= 0.3 is 0 Å². The average molecular weight is 491 g/mol. The van der Waals surface area contributed by atoms with Gasteiger partial charge in [-0.15, -0.1) is 0 Å². The molecule has 2 heterocycles. The van der Waals surface area contributed by atoms with E-state index in [2.05, 4.69) is 4.98 Å². The van der Waals surface area contributed by atoms with Crippen LogP contribution in [0.25, 0.3) is 16.7 Å². The molecule has 0 N–H and O–H groups in total. The highest BCUT2D eigenvalue weighted by Crippen LogP contribution is 2.34.